The topological polar surface area (TPSA) is 37.3 Å². The number of Topliss-reactive ketones (excluding diaryl/α,β-unsaturated/α-hetero) is 1. The number of halogens is 1. The van der Waals surface area contributed by atoms with Gasteiger partial charge in [0.1, 0.15) is 5.78 Å². The van der Waals surface area contributed by atoms with E-state index in [4.69, 9.17) is 0 Å². The number of hydrogen-bond donors (Lipinski definition) is 1. The third-order valence-corrected chi connectivity index (χ3v) is 8.33. The highest BCUT2D eigenvalue weighted by molar-refractivity contribution is 5.87. The summed E-state index contributed by atoms with van der Waals surface area (Å²) in [5.74, 6) is 3.07. The molecule has 0 heterocycles. The number of aliphatic hydroxyl groups is 1. The fourth-order valence-corrected chi connectivity index (χ4v) is 7.13. The summed E-state index contributed by atoms with van der Waals surface area (Å²) in [6.45, 7) is 4.73. The van der Waals surface area contributed by atoms with Gasteiger partial charge >= 0.3 is 0 Å². The first-order chi connectivity index (χ1) is 10.5. The van der Waals surface area contributed by atoms with Crippen LogP contribution < -0.4 is 0 Å². The lowest BCUT2D eigenvalue weighted by Crippen LogP contribution is -2.53. The molecule has 1 N–H and O–H groups in total. The van der Waals surface area contributed by atoms with Gasteiger partial charge in [-0.3, -0.25) is 4.79 Å². The molecule has 6 atom stereocenters. The van der Waals surface area contributed by atoms with Crippen LogP contribution in [0.1, 0.15) is 71.6 Å². The quantitative estimate of drug-likeness (QED) is 0.595. The first-order valence-corrected chi connectivity index (χ1v) is 9.37. The highest BCUT2D eigenvalue weighted by Crippen LogP contribution is 2.66. The summed E-state index contributed by atoms with van der Waals surface area (Å²) in [6.07, 6.45) is 11.9. The van der Waals surface area contributed by atoms with Crippen molar-refractivity contribution in [3.63, 3.8) is 0 Å². The highest BCUT2D eigenvalue weighted by atomic mass is 35.5. The van der Waals surface area contributed by atoms with E-state index in [0.29, 0.717) is 29.0 Å². The van der Waals surface area contributed by atoms with E-state index in [9.17, 15) is 9.90 Å². The summed E-state index contributed by atoms with van der Waals surface area (Å²) >= 11 is 0. The summed E-state index contributed by atoms with van der Waals surface area (Å²) in [4.78, 5) is 12.5. The van der Waals surface area contributed by atoms with E-state index in [1.165, 1.54) is 43.9 Å². The molecule has 3 heteroatoms. The standard InChI is InChI=1S/C20H30O2.ClH/c1-19-9-4-3-5-15(19)13(12-21)11-14-16-6-7-18(22)20(16,2)10-8-17(14)19;/h12,14-17,21H,3-11H2,1-2H3;1H/t14-,15?,16-,17-,19-,20-;/m0./s1. The van der Waals surface area contributed by atoms with Gasteiger partial charge in [-0.2, -0.15) is 0 Å². The smallest absolute Gasteiger partial charge is 0.139 e. The van der Waals surface area contributed by atoms with Crippen molar-refractivity contribution in [1.29, 1.82) is 0 Å². The lowest BCUT2D eigenvalue weighted by molar-refractivity contribution is -0.135. The summed E-state index contributed by atoms with van der Waals surface area (Å²) in [6, 6.07) is 0. The highest BCUT2D eigenvalue weighted by Gasteiger charge is 2.60. The zero-order valence-electron chi connectivity index (χ0n) is 14.5. The number of carbonyl (C=O) groups is 1. The van der Waals surface area contributed by atoms with Crippen LogP contribution in [0.2, 0.25) is 0 Å². The normalized spacial score (nSPS) is 50.7. The van der Waals surface area contributed by atoms with E-state index in [-0.39, 0.29) is 17.8 Å². The third kappa shape index (κ3) is 2.23. The van der Waals surface area contributed by atoms with Crippen LogP contribution in [0.5, 0.6) is 0 Å². The Labute approximate surface area is 146 Å². The van der Waals surface area contributed by atoms with Crippen LogP contribution >= 0.6 is 12.4 Å². The lowest BCUT2D eigenvalue weighted by atomic mass is 9.44. The third-order valence-electron chi connectivity index (χ3n) is 8.33. The second kappa shape index (κ2) is 5.79. The van der Waals surface area contributed by atoms with E-state index in [2.05, 4.69) is 13.8 Å². The molecule has 1 unspecified atom stereocenters. The molecule has 4 rings (SSSR count). The molecule has 0 aliphatic heterocycles. The van der Waals surface area contributed by atoms with Gasteiger partial charge in [-0.05, 0) is 73.2 Å². The second-order valence-electron chi connectivity index (χ2n) is 9.01. The number of ketones is 1. The van der Waals surface area contributed by atoms with E-state index in [1.807, 2.05) is 0 Å². The SMILES string of the molecule is C[C@]12CCCCC1C(=CO)C[C@@H]1[C@@H]2CC[C@]2(C)C(=O)CC[C@@H]12.Cl. The fraction of sp³-hybridized carbons (Fsp3) is 0.850. The van der Waals surface area contributed by atoms with Gasteiger partial charge in [0.25, 0.3) is 0 Å². The molecule has 0 aromatic rings. The minimum atomic E-state index is -0.0560. The van der Waals surface area contributed by atoms with Gasteiger partial charge in [0.2, 0.25) is 0 Å². The van der Waals surface area contributed by atoms with E-state index < -0.39 is 0 Å². The van der Waals surface area contributed by atoms with Gasteiger partial charge in [-0.1, -0.05) is 26.7 Å². The van der Waals surface area contributed by atoms with Crippen molar-refractivity contribution < 1.29 is 9.90 Å². The first kappa shape index (κ1) is 17.3. The van der Waals surface area contributed by atoms with Gasteiger partial charge < -0.3 is 5.11 Å². The van der Waals surface area contributed by atoms with Gasteiger partial charge in [-0.25, -0.2) is 0 Å². The Morgan fingerprint density at radius 1 is 1.09 bits per heavy atom. The summed E-state index contributed by atoms with van der Waals surface area (Å²) < 4.78 is 0. The van der Waals surface area contributed by atoms with E-state index in [1.54, 1.807) is 0 Å². The monoisotopic (exact) mass is 338 g/mol. The van der Waals surface area contributed by atoms with Crippen molar-refractivity contribution in [2.45, 2.75) is 71.6 Å². The molecular formula is C20H31ClO2. The van der Waals surface area contributed by atoms with Crippen LogP contribution in [0.3, 0.4) is 0 Å². The van der Waals surface area contributed by atoms with Crippen LogP contribution in [-0.4, -0.2) is 10.9 Å². The lowest BCUT2D eigenvalue weighted by Gasteiger charge is -2.60. The molecule has 0 bridgehead atoms. The van der Waals surface area contributed by atoms with Crippen LogP contribution in [0.15, 0.2) is 11.8 Å². The van der Waals surface area contributed by atoms with Crippen molar-refractivity contribution >= 4 is 18.2 Å². The first-order valence-electron chi connectivity index (χ1n) is 9.37. The van der Waals surface area contributed by atoms with Gasteiger partial charge in [0.05, 0.1) is 6.26 Å². The van der Waals surface area contributed by atoms with Crippen molar-refractivity contribution in [3.8, 4) is 0 Å². The van der Waals surface area contributed by atoms with Crippen molar-refractivity contribution in [1.82, 2.24) is 0 Å². The van der Waals surface area contributed by atoms with Gasteiger partial charge in [0, 0.05) is 11.8 Å². The number of carbonyl (C=O) groups excluding carboxylic acids is 1. The number of aliphatic hydroxyl groups excluding tert-OH is 1. The second-order valence-corrected chi connectivity index (χ2v) is 9.01. The maximum absolute atomic E-state index is 12.5. The number of fused-ring (bicyclic) bond motifs is 5. The molecule has 0 radical (unpaired) electrons. The Morgan fingerprint density at radius 3 is 2.61 bits per heavy atom. The Morgan fingerprint density at radius 2 is 1.87 bits per heavy atom. The average molecular weight is 339 g/mol. The molecule has 4 saturated carbocycles. The van der Waals surface area contributed by atoms with E-state index >= 15 is 0 Å². The predicted octanol–water partition coefficient (Wildman–Crippen LogP) is 5.46. The Hall–Kier alpha value is -0.500. The van der Waals surface area contributed by atoms with Crippen LogP contribution in [0.25, 0.3) is 0 Å². The summed E-state index contributed by atoms with van der Waals surface area (Å²) in [5, 5.41) is 9.86. The number of allylic oxidation sites excluding steroid dienone is 1. The molecule has 23 heavy (non-hydrogen) atoms. The Bertz CT molecular complexity index is 528. The van der Waals surface area contributed by atoms with Crippen molar-refractivity contribution in [2.24, 2.45) is 34.5 Å². The molecule has 130 valence electrons. The maximum atomic E-state index is 12.5. The zero-order valence-corrected chi connectivity index (χ0v) is 15.3. The minimum absolute atomic E-state index is 0. The molecule has 0 spiro atoms. The van der Waals surface area contributed by atoms with E-state index in [0.717, 1.165) is 31.6 Å². The van der Waals surface area contributed by atoms with Crippen molar-refractivity contribution in [3.05, 3.63) is 11.8 Å². The molecule has 4 fully saturated rings. The molecule has 0 saturated heterocycles. The summed E-state index contributed by atoms with van der Waals surface area (Å²) in [7, 11) is 0. The van der Waals surface area contributed by atoms with Crippen LogP contribution in [-0.2, 0) is 4.79 Å². The zero-order chi connectivity index (χ0) is 15.5. The molecule has 2 nitrogen and oxygen atoms in total. The largest absolute Gasteiger partial charge is 0.516 e. The Kier molecular flexibility index (Phi) is 4.36. The number of hydrogen-bond acceptors (Lipinski definition) is 2. The predicted molar refractivity (Wildman–Crippen MR) is 94.7 cm³/mol. The Balaban J connectivity index is 0.00000156. The van der Waals surface area contributed by atoms with Crippen LogP contribution in [0.4, 0.5) is 0 Å². The molecule has 0 aromatic heterocycles. The average Bonchev–Trinajstić information content (AvgIpc) is 2.82. The van der Waals surface area contributed by atoms with Gasteiger partial charge in [0.15, 0.2) is 0 Å². The molecular weight excluding hydrogens is 308 g/mol. The number of rotatable bonds is 0. The maximum Gasteiger partial charge on any atom is 0.139 e. The fourth-order valence-electron chi connectivity index (χ4n) is 7.13. The van der Waals surface area contributed by atoms with Crippen molar-refractivity contribution in [2.75, 3.05) is 0 Å². The molecule has 4 aliphatic rings. The molecule has 0 amide bonds. The molecule has 0 aromatic carbocycles. The molecule has 4 aliphatic carbocycles. The van der Waals surface area contributed by atoms with Crippen LogP contribution in [0, 0.1) is 34.5 Å². The minimum Gasteiger partial charge on any atom is -0.516 e. The summed E-state index contributed by atoms with van der Waals surface area (Å²) in [5.41, 5.74) is 1.61. The van der Waals surface area contributed by atoms with Gasteiger partial charge in [-0.15, -0.1) is 12.4 Å².